The summed E-state index contributed by atoms with van der Waals surface area (Å²) in [5, 5.41) is 8.73. The number of Topliss-reactive ketones (excluding diaryl/α,β-unsaturated/α-hetero) is 1. The molecule has 0 saturated heterocycles. The predicted molar refractivity (Wildman–Crippen MR) is 64.7 cm³/mol. The van der Waals surface area contributed by atoms with Crippen molar-refractivity contribution >= 4 is 5.78 Å². The van der Waals surface area contributed by atoms with Crippen molar-refractivity contribution in [3.63, 3.8) is 0 Å². The first-order valence-corrected chi connectivity index (χ1v) is 5.52. The molecule has 0 aromatic heterocycles. The molecule has 0 bridgehead atoms. The Balaban J connectivity index is 2.47. The van der Waals surface area contributed by atoms with Gasteiger partial charge in [0.15, 0.2) is 5.78 Å². The lowest BCUT2D eigenvalue weighted by Crippen LogP contribution is -2.25. The second-order valence-electron chi connectivity index (χ2n) is 4.07. The van der Waals surface area contributed by atoms with E-state index in [1.807, 2.05) is 43.1 Å². The van der Waals surface area contributed by atoms with Crippen molar-refractivity contribution in [3.8, 4) is 0 Å². The van der Waals surface area contributed by atoms with Crippen molar-refractivity contribution in [2.24, 2.45) is 0 Å². The molecule has 0 amide bonds. The number of benzene rings is 1. The number of aryl methyl sites for hydroxylation is 1. The smallest absolute Gasteiger partial charge is 0.164 e. The van der Waals surface area contributed by atoms with E-state index in [1.165, 1.54) is 0 Å². The van der Waals surface area contributed by atoms with E-state index in [4.69, 9.17) is 5.11 Å². The zero-order valence-corrected chi connectivity index (χ0v) is 9.94. The Morgan fingerprint density at radius 1 is 1.38 bits per heavy atom. The van der Waals surface area contributed by atoms with E-state index in [0.717, 1.165) is 11.1 Å². The number of nitrogens with zero attached hydrogens (tertiary/aromatic N) is 1. The van der Waals surface area contributed by atoms with Gasteiger partial charge in [-0.2, -0.15) is 0 Å². The maximum absolute atomic E-state index is 11.8. The molecule has 0 aliphatic rings. The van der Waals surface area contributed by atoms with Gasteiger partial charge in [0.2, 0.25) is 0 Å². The van der Waals surface area contributed by atoms with Crippen molar-refractivity contribution in [1.29, 1.82) is 0 Å². The Morgan fingerprint density at radius 3 is 2.75 bits per heavy atom. The van der Waals surface area contributed by atoms with Crippen molar-refractivity contribution in [2.75, 3.05) is 26.7 Å². The van der Waals surface area contributed by atoms with Gasteiger partial charge in [-0.25, -0.2) is 0 Å². The maximum atomic E-state index is 11.8. The average Bonchev–Trinajstić information content (AvgIpc) is 2.26. The largest absolute Gasteiger partial charge is 0.395 e. The van der Waals surface area contributed by atoms with Crippen LogP contribution in [-0.2, 0) is 0 Å². The van der Waals surface area contributed by atoms with Crippen molar-refractivity contribution in [1.82, 2.24) is 4.90 Å². The van der Waals surface area contributed by atoms with Crippen LogP contribution in [0.5, 0.6) is 0 Å². The Bertz CT molecular complexity index is 350. The highest BCUT2D eigenvalue weighted by molar-refractivity contribution is 5.96. The second kappa shape index (κ2) is 6.40. The van der Waals surface area contributed by atoms with Crippen LogP contribution in [0, 0.1) is 6.92 Å². The third-order valence-electron chi connectivity index (χ3n) is 2.54. The number of aliphatic hydroxyl groups is 1. The first-order valence-electron chi connectivity index (χ1n) is 5.52. The molecular weight excluding hydrogens is 202 g/mol. The summed E-state index contributed by atoms with van der Waals surface area (Å²) in [7, 11) is 1.90. The molecular formula is C13H19NO2. The van der Waals surface area contributed by atoms with Crippen LogP contribution in [-0.4, -0.2) is 42.5 Å². The minimum atomic E-state index is 0.134. The first kappa shape index (κ1) is 12.9. The molecule has 0 radical (unpaired) electrons. The van der Waals surface area contributed by atoms with E-state index in [0.29, 0.717) is 19.5 Å². The third kappa shape index (κ3) is 4.13. The van der Waals surface area contributed by atoms with Crippen LogP contribution >= 0.6 is 0 Å². The average molecular weight is 221 g/mol. The number of likely N-dealkylation sites (N-methyl/N-ethyl adjacent to an activating group) is 1. The Labute approximate surface area is 96.7 Å². The van der Waals surface area contributed by atoms with Crippen LogP contribution in [0.15, 0.2) is 24.3 Å². The fourth-order valence-electron chi connectivity index (χ4n) is 1.54. The highest BCUT2D eigenvalue weighted by atomic mass is 16.3. The van der Waals surface area contributed by atoms with Gasteiger partial charge in [-0.15, -0.1) is 0 Å². The number of ketones is 1. The minimum Gasteiger partial charge on any atom is -0.395 e. The molecule has 3 heteroatoms. The molecule has 0 fully saturated rings. The van der Waals surface area contributed by atoms with Gasteiger partial charge in [0.1, 0.15) is 0 Å². The summed E-state index contributed by atoms with van der Waals surface area (Å²) in [5.41, 5.74) is 1.88. The number of rotatable bonds is 6. The molecule has 0 aliphatic heterocycles. The van der Waals surface area contributed by atoms with Gasteiger partial charge in [0, 0.05) is 25.1 Å². The summed E-state index contributed by atoms with van der Waals surface area (Å²) in [5.74, 6) is 0.161. The standard InChI is InChI=1S/C13H19NO2/c1-11-4-3-5-12(10-11)13(16)6-7-14(2)8-9-15/h3-5,10,15H,6-9H2,1-2H3. The SMILES string of the molecule is Cc1cccc(C(=O)CCN(C)CCO)c1. The lowest BCUT2D eigenvalue weighted by molar-refractivity contribution is 0.0964. The predicted octanol–water partition coefficient (Wildman–Crippen LogP) is 1.49. The summed E-state index contributed by atoms with van der Waals surface area (Å²) < 4.78 is 0. The lowest BCUT2D eigenvalue weighted by atomic mass is 10.1. The van der Waals surface area contributed by atoms with Gasteiger partial charge < -0.3 is 10.0 Å². The fraction of sp³-hybridized carbons (Fsp3) is 0.462. The summed E-state index contributed by atoms with van der Waals surface area (Å²) >= 11 is 0. The molecule has 0 spiro atoms. The molecule has 0 atom stereocenters. The first-order chi connectivity index (χ1) is 7.63. The molecule has 3 nitrogen and oxygen atoms in total. The summed E-state index contributed by atoms with van der Waals surface area (Å²) in [6.45, 7) is 3.41. The van der Waals surface area contributed by atoms with Crippen LogP contribution in [0.2, 0.25) is 0 Å². The van der Waals surface area contributed by atoms with Gasteiger partial charge in [0.25, 0.3) is 0 Å². The molecule has 0 unspecified atom stereocenters. The Hall–Kier alpha value is -1.19. The van der Waals surface area contributed by atoms with Gasteiger partial charge in [-0.3, -0.25) is 4.79 Å². The lowest BCUT2D eigenvalue weighted by Gasteiger charge is -2.14. The van der Waals surface area contributed by atoms with E-state index in [-0.39, 0.29) is 12.4 Å². The number of carbonyl (C=O) groups excluding carboxylic acids is 1. The molecule has 1 rings (SSSR count). The van der Waals surface area contributed by atoms with E-state index in [9.17, 15) is 4.79 Å². The Morgan fingerprint density at radius 2 is 2.12 bits per heavy atom. The normalized spacial score (nSPS) is 10.8. The van der Waals surface area contributed by atoms with Crippen LogP contribution in [0.3, 0.4) is 0 Å². The molecule has 1 aromatic rings. The fourth-order valence-corrected chi connectivity index (χ4v) is 1.54. The van der Waals surface area contributed by atoms with Gasteiger partial charge in [-0.05, 0) is 20.0 Å². The van der Waals surface area contributed by atoms with E-state index >= 15 is 0 Å². The highest BCUT2D eigenvalue weighted by Crippen LogP contribution is 2.07. The monoisotopic (exact) mass is 221 g/mol. The van der Waals surface area contributed by atoms with E-state index < -0.39 is 0 Å². The summed E-state index contributed by atoms with van der Waals surface area (Å²) in [4.78, 5) is 13.8. The molecule has 88 valence electrons. The van der Waals surface area contributed by atoms with Gasteiger partial charge in [0.05, 0.1) is 6.61 Å². The molecule has 1 N–H and O–H groups in total. The number of carbonyl (C=O) groups is 1. The maximum Gasteiger partial charge on any atom is 0.164 e. The highest BCUT2D eigenvalue weighted by Gasteiger charge is 2.07. The molecule has 0 aliphatic carbocycles. The number of hydrogen-bond donors (Lipinski definition) is 1. The molecule has 0 heterocycles. The van der Waals surface area contributed by atoms with Crippen LogP contribution in [0.25, 0.3) is 0 Å². The minimum absolute atomic E-state index is 0.134. The third-order valence-corrected chi connectivity index (χ3v) is 2.54. The number of hydrogen-bond acceptors (Lipinski definition) is 3. The van der Waals surface area contributed by atoms with Gasteiger partial charge >= 0.3 is 0 Å². The molecule has 0 saturated carbocycles. The van der Waals surface area contributed by atoms with E-state index in [1.54, 1.807) is 0 Å². The quantitative estimate of drug-likeness (QED) is 0.740. The number of aliphatic hydroxyl groups excluding tert-OH is 1. The zero-order chi connectivity index (χ0) is 12.0. The van der Waals surface area contributed by atoms with Crippen LogP contribution in [0.4, 0.5) is 0 Å². The second-order valence-corrected chi connectivity index (χ2v) is 4.07. The van der Waals surface area contributed by atoms with Crippen LogP contribution < -0.4 is 0 Å². The van der Waals surface area contributed by atoms with Crippen LogP contribution in [0.1, 0.15) is 22.3 Å². The van der Waals surface area contributed by atoms with E-state index in [2.05, 4.69) is 0 Å². The van der Waals surface area contributed by atoms with Crippen molar-refractivity contribution in [3.05, 3.63) is 35.4 Å². The summed E-state index contributed by atoms with van der Waals surface area (Å²) in [6.07, 6.45) is 0.500. The van der Waals surface area contributed by atoms with Crippen molar-refractivity contribution in [2.45, 2.75) is 13.3 Å². The molecule has 1 aromatic carbocycles. The van der Waals surface area contributed by atoms with Gasteiger partial charge in [-0.1, -0.05) is 23.8 Å². The topological polar surface area (TPSA) is 40.5 Å². The summed E-state index contributed by atoms with van der Waals surface area (Å²) in [6, 6.07) is 7.64. The Kier molecular flexibility index (Phi) is 5.15. The molecule has 16 heavy (non-hydrogen) atoms. The zero-order valence-electron chi connectivity index (χ0n) is 9.94. The van der Waals surface area contributed by atoms with Crippen molar-refractivity contribution < 1.29 is 9.90 Å².